The zero-order valence-electron chi connectivity index (χ0n) is 18.9. The minimum Gasteiger partial charge on any atom is -0.352 e. The van der Waals surface area contributed by atoms with E-state index in [-0.39, 0.29) is 11.9 Å². The number of carbonyl (C=O) groups is 3. The Hall–Kier alpha value is -2.37. The third-order valence-electron chi connectivity index (χ3n) is 8.34. The van der Waals surface area contributed by atoms with Crippen LogP contribution in [0.5, 0.6) is 0 Å². The normalized spacial score (nSPS) is 32.7. The molecule has 3 atom stereocenters. The van der Waals surface area contributed by atoms with Crippen molar-refractivity contribution < 1.29 is 14.4 Å². The summed E-state index contributed by atoms with van der Waals surface area (Å²) in [5.41, 5.74) is 3.03. The maximum absolute atomic E-state index is 13.9. The molecule has 0 aromatic heterocycles. The average Bonchev–Trinajstić information content (AvgIpc) is 3.13. The van der Waals surface area contributed by atoms with Crippen molar-refractivity contribution in [3.05, 3.63) is 70.8 Å². The number of nitrogens with one attached hydrogen (secondary N) is 1. The second kappa shape index (κ2) is 7.56. The lowest BCUT2D eigenvalue weighted by Gasteiger charge is -2.54. The first kappa shape index (κ1) is 22.1. The van der Waals surface area contributed by atoms with E-state index in [1.54, 1.807) is 6.92 Å². The summed E-state index contributed by atoms with van der Waals surface area (Å²) in [7, 11) is 0. The number of hydrogen-bond acceptors (Lipinski definition) is 3. The van der Waals surface area contributed by atoms with Crippen molar-refractivity contribution in [2.24, 2.45) is 11.8 Å². The predicted octanol–water partition coefficient (Wildman–Crippen LogP) is 4.42. The third kappa shape index (κ3) is 2.66. The van der Waals surface area contributed by atoms with E-state index in [1.165, 1.54) is 6.42 Å². The minimum atomic E-state index is -1.23. The molecule has 7 rings (SSSR count). The smallest absolute Gasteiger partial charge is 0.243 e. The van der Waals surface area contributed by atoms with Gasteiger partial charge in [0.1, 0.15) is 15.8 Å². The topological polar surface area (TPSA) is 66.5 Å². The van der Waals surface area contributed by atoms with Crippen LogP contribution >= 0.6 is 23.2 Å². The lowest BCUT2D eigenvalue weighted by Crippen LogP contribution is -2.57. The summed E-state index contributed by atoms with van der Waals surface area (Å²) in [6.07, 6.45) is 5.17. The maximum Gasteiger partial charge on any atom is 0.243 e. The van der Waals surface area contributed by atoms with Gasteiger partial charge in [-0.1, -0.05) is 67.8 Å². The number of amides is 3. The molecule has 2 aromatic carbocycles. The molecule has 5 aliphatic rings. The number of imide groups is 1. The molecule has 1 N–H and O–H groups in total. The van der Waals surface area contributed by atoms with Gasteiger partial charge in [-0.3, -0.25) is 19.3 Å². The van der Waals surface area contributed by atoms with Crippen molar-refractivity contribution in [3.63, 3.8) is 0 Å². The summed E-state index contributed by atoms with van der Waals surface area (Å²) < 4.78 is 0. The van der Waals surface area contributed by atoms with E-state index in [0.717, 1.165) is 52.8 Å². The number of rotatable bonds is 3. The summed E-state index contributed by atoms with van der Waals surface area (Å²) in [6.45, 7) is 1.62. The molecule has 4 aliphatic carbocycles. The first-order valence-electron chi connectivity index (χ1n) is 12.1. The standard InChI is InChI=1S/C27H26Cl2N2O3/c1-15(23(32)30-16-9-3-2-4-10-16)31-24(33)21-22(25(31)34)27(29)18-12-6-5-11-17(18)26(21,28)19-13-7-8-14-20(19)27/h5-8,11-16,21-22H,2-4,9-10H2,1H3,(H,30,32)/t15-,21-,22+,26?,27?/m1/s1. The van der Waals surface area contributed by atoms with Crippen molar-refractivity contribution in [1.82, 2.24) is 10.2 Å². The zero-order chi connectivity index (χ0) is 23.8. The second-order valence-corrected chi connectivity index (χ2v) is 11.2. The Morgan fingerprint density at radius 1 is 0.853 bits per heavy atom. The molecular formula is C27H26Cl2N2O3. The molecule has 1 saturated heterocycles. The number of hydrogen-bond donors (Lipinski definition) is 1. The second-order valence-electron chi connectivity index (χ2n) is 10.0. The van der Waals surface area contributed by atoms with Gasteiger partial charge < -0.3 is 5.32 Å². The maximum atomic E-state index is 13.9. The fourth-order valence-electron chi connectivity index (χ4n) is 6.76. The van der Waals surface area contributed by atoms with E-state index in [4.69, 9.17) is 23.2 Å². The Kier molecular flexibility index (Phi) is 4.92. The summed E-state index contributed by atoms with van der Waals surface area (Å²) >= 11 is 14.9. The number of benzene rings is 2. The summed E-state index contributed by atoms with van der Waals surface area (Å²) in [4.78, 5) is 39.7. The SMILES string of the molecule is C[C@H](C(=O)NC1CCCCC1)N1C(=O)[C@@H]2[C@H](C1=O)C1(Cl)c3ccccc3C2(Cl)c2ccccc21. The van der Waals surface area contributed by atoms with Crippen LogP contribution in [0.4, 0.5) is 0 Å². The van der Waals surface area contributed by atoms with Gasteiger partial charge in [0.15, 0.2) is 0 Å². The van der Waals surface area contributed by atoms with Crippen molar-refractivity contribution in [1.29, 1.82) is 0 Å². The molecule has 2 fully saturated rings. The predicted molar refractivity (Wildman–Crippen MR) is 129 cm³/mol. The van der Waals surface area contributed by atoms with Crippen LogP contribution in [0.2, 0.25) is 0 Å². The Labute approximate surface area is 208 Å². The van der Waals surface area contributed by atoms with E-state index < -0.39 is 39.4 Å². The monoisotopic (exact) mass is 496 g/mol. The highest BCUT2D eigenvalue weighted by Crippen LogP contribution is 2.69. The van der Waals surface area contributed by atoms with Gasteiger partial charge in [0.2, 0.25) is 17.7 Å². The molecule has 3 amide bonds. The van der Waals surface area contributed by atoms with Crippen molar-refractivity contribution in [3.8, 4) is 0 Å². The molecule has 5 nitrogen and oxygen atoms in total. The van der Waals surface area contributed by atoms with E-state index in [1.807, 2.05) is 48.5 Å². The average molecular weight is 497 g/mol. The van der Waals surface area contributed by atoms with Crippen LogP contribution in [-0.4, -0.2) is 34.7 Å². The van der Waals surface area contributed by atoms with Gasteiger partial charge >= 0.3 is 0 Å². The molecule has 176 valence electrons. The molecular weight excluding hydrogens is 471 g/mol. The third-order valence-corrected chi connectivity index (χ3v) is 9.62. The number of alkyl halides is 2. The van der Waals surface area contributed by atoms with Gasteiger partial charge in [0.05, 0.1) is 11.8 Å². The fourth-order valence-corrected chi connectivity index (χ4v) is 7.85. The largest absolute Gasteiger partial charge is 0.352 e. The first-order chi connectivity index (χ1) is 16.3. The molecule has 1 heterocycles. The van der Waals surface area contributed by atoms with Gasteiger partial charge in [-0.25, -0.2) is 0 Å². The highest BCUT2D eigenvalue weighted by Gasteiger charge is 2.73. The van der Waals surface area contributed by atoms with E-state index in [2.05, 4.69) is 5.32 Å². The number of likely N-dealkylation sites (tertiary alicyclic amines) is 1. The molecule has 1 aliphatic heterocycles. The molecule has 1 saturated carbocycles. The molecule has 0 radical (unpaired) electrons. The van der Waals surface area contributed by atoms with E-state index in [0.29, 0.717) is 0 Å². The van der Waals surface area contributed by atoms with Gasteiger partial charge in [-0.2, -0.15) is 0 Å². The fraction of sp³-hybridized carbons (Fsp3) is 0.444. The van der Waals surface area contributed by atoms with Crippen LogP contribution < -0.4 is 5.32 Å². The summed E-state index contributed by atoms with van der Waals surface area (Å²) in [5.74, 6) is -2.92. The minimum absolute atomic E-state index is 0.0854. The van der Waals surface area contributed by atoms with Crippen LogP contribution in [0.25, 0.3) is 0 Å². The molecule has 0 unspecified atom stereocenters. The Morgan fingerprint density at radius 2 is 1.26 bits per heavy atom. The van der Waals surface area contributed by atoms with Crippen LogP contribution in [-0.2, 0) is 24.1 Å². The van der Waals surface area contributed by atoms with Crippen LogP contribution in [0.3, 0.4) is 0 Å². The van der Waals surface area contributed by atoms with Crippen LogP contribution in [0, 0.1) is 11.8 Å². The molecule has 2 aromatic rings. The van der Waals surface area contributed by atoms with Crippen molar-refractivity contribution in [2.45, 2.75) is 60.9 Å². The van der Waals surface area contributed by atoms with Gasteiger partial charge in [-0.05, 0) is 42.0 Å². The quantitative estimate of drug-likeness (QED) is 0.505. The van der Waals surface area contributed by atoms with Crippen molar-refractivity contribution >= 4 is 40.9 Å². The van der Waals surface area contributed by atoms with Gasteiger partial charge in [0, 0.05) is 6.04 Å². The molecule has 34 heavy (non-hydrogen) atoms. The van der Waals surface area contributed by atoms with E-state index in [9.17, 15) is 14.4 Å². The lowest BCUT2D eigenvalue weighted by atomic mass is 9.54. The van der Waals surface area contributed by atoms with E-state index >= 15 is 0 Å². The number of nitrogens with zero attached hydrogens (tertiary/aromatic N) is 1. The van der Waals surface area contributed by atoms with Gasteiger partial charge in [0.25, 0.3) is 0 Å². The highest BCUT2D eigenvalue weighted by molar-refractivity contribution is 6.36. The zero-order valence-corrected chi connectivity index (χ0v) is 20.4. The Balaban J connectivity index is 1.44. The number of halogens is 2. The Morgan fingerprint density at radius 3 is 1.68 bits per heavy atom. The van der Waals surface area contributed by atoms with Crippen LogP contribution in [0.15, 0.2) is 48.5 Å². The first-order valence-corrected chi connectivity index (χ1v) is 12.8. The molecule has 7 heteroatoms. The highest BCUT2D eigenvalue weighted by atomic mass is 35.5. The number of carbonyl (C=O) groups excluding carboxylic acids is 3. The molecule has 2 bridgehead atoms. The van der Waals surface area contributed by atoms with Crippen molar-refractivity contribution in [2.75, 3.05) is 0 Å². The van der Waals surface area contributed by atoms with Crippen LogP contribution in [0.1, 0.15) is 61.3 Å². The molecule has 0 spiro atoms. The Bertz CT molecular complexity index is 1100. The van der Waals surface area contributed by atoms with Gasteiger partial charge in [-0.15, -0.1) is 23.2 Å². The lowest BCUT2D eigenvalue weighted by molar-refractivity contribution is -0.147. The summed E-state index contributed by atoms with van der Waals surface area (Å²) in [6, 6.07) is 14.2. The summed E-state index contributed by atoms with van der Waals surface area (Å²) in [5, 5.41) is 3.06.